The van der Waals surface area contributed by atoms with Crippen molar-refractivity contribution in [2.24, 2.45) is 0 Å². The molecule has 0 saturated carbocycles. The maximum absolute atomic E-state index is 10.9. The Kier molecular flexibility index (Phi) is 5.59. The molecule has 0 aliphatic heterocycles. The molecule has 0 aliphatic carbocycles. The predicted octanol–water partition coefficient (Wildman–Crippen LogP) is 3.66. The molecule has 4 heteroatoms. The highest BCUT2D eigenvalue weighted by Gasteiger charge is 2.01. The quantitative estimate of drug-likeness (QED) is 0.577. The molecule has 2 aromatic rings. The Bertz CT molecular complexity index is 537. The maximum atomic E-state index is 10.9. The first kappa shape index (κ1) is 14.6. The van der Waals surface area contributed by atoms with Crippen LogP contribution >= 0.6 is 11.6 Å². The van der Waals surface area contributed by atoms with Gasteiger partial charge in [0.25, 0.3) is 5.24 Å². The third kappa shape index (κ3) is 4.68. The molecule has 0 aliphatic rings. The molecule has 0 heterocycles. The van der Waals surface area contributed by atoms with E-state index in [1.165, 1.54) is 0 Å². The van der Waals surface area contributed by atoms with Crippen LogP contribution in [0.1, 0.15) is 15.9 Å². The normalized spacial score (nSPS) is 10.2. The second-order valence-corrected chi connectivity index (χ2v) is 4.53. The zero-order valence-electron chi connectivity index (χ0n) is 10.9. The highest BCUT2D eigenvalue weighted by Crippen LogP contribution is 2.13. The van der Waals surface area contributed by atoms with Crippen molar-refractivity contribution in [3.63, 3.8) is 0 Å². The predicted molar refractivity (Wildman–Crippen MR) is 78.2 cm³/mol. The van der Waals surface area contributed by atoms with Crippen LogP contribution in [0.15, 0.2) is 54.6 Å². The standard InChI is InChI=1S/C16H15ClO3/c17-16(18)14-6-8-15(9-7-14)20-11-10-19-12-13-4-2-1-3-5-13/h1-9H,10-12H2. The van der Waals surface area contributed by atoms with Crippen molar-refractivity contribution in [3.05, 3.63) is 65.7 Å². The van der Waals surface area contributed by atoms with Crippen LogP contribution < -0.4 is 4.74 Å². The summed E-state index contributed by atoms with van der Waals surface area (Å²) in [5.41, 5.74) is 1.59. The van der Waals surface area contributed by atoms with Gasteiger partial charge in [0.15, 0.2) is 0 Å². The van der Waals surface area contributed by atoms with E-state index in [1.54, 1.807) is 24.3 Å². The van der Waals surface area contributed by atoms with E-state index in [0.717, 1.165) is 5.56 Å². The summed E-state index contributed by atoms with van der Waals surface area (Å²) in [6.07, 6.45) is 0. The fourth-order valence-electron chi connectivity index (χ4n) is 1.66. The summed E-state index contributed by atoms with van der Waals surface area (Å²) in [6.45, 7) is 1.54. The van der Waals surface area contributed by atoms with Crippen LogP contribution in [0, 0.1) is 0 Å². The first-order valence-corrected chi connectivity index (χ1v) is 6.68. The SMILES string of the molecule is O=C(Cl)c1ccc(OCCOCc2ccccc2)cc1. The Morgan fingerprint density at radius 1 is 0.950 bits per heavy atom. The van der Waals surface area contributed by atoms with Gasteiger partial charge >= 0.3 is 0 Å². The van der Waals surface area contributed by atoms with Gasteiger partial charge in [-0.1, -0.05) is 30.3 Å². The average molecular weight is 291 g/mol. The van der Waals surface area contributed by atoms with Gasteiger partial charge in [-0.15, -0.1) is 0 Å². The highest BCUT2D eigenvalue weighted by atomic mass is 35.5. The van der Waals surface area contributed by atoms with E-state index in [-0.39, 0.29) is 0 Å². The van der Waals surface area contributed by atoms with E-state index in [2.05, 4.69) is 0 Å². The number of hydrogen-bond donors (Lipinski definition) is 0. The molecule has 0 spiro atoms. The highest BCUT2D eigenvalue weighted by molar-refractivity contribution is 6.67. The summed E-state index contributed by atoms with van der Waals surface area (Å²) in [4.78, 5) is 10.9. The van der Waals surface area contributed by atoms with Crippen LogP contribution in [0.25, 0.3) is 0 Å². The van der Waals surface area contributed by atoms with Crippen molar-refractivity contribution in [1.29, 1.82) is 0 Å². The summed E-state index contributed by atoms with van der Waals surface area (Å²) < 4.78 is 11.0. The minimum absolute atomic E-state index is 0.458. The third-order valence-electron chi connectivity index (χ3n) is 2.69. The van der Waals surface area contributed by atoms with Gasteiger partial charge in [0, 0.05) is 5.56 Å². The number of benzene rings is 2. The number of ether oxygens (including phenoxy) is 2. The number of halogens is 1. The van der Waals surface area contributed by atoms with Crippen LogP contribution in [0.2, 0.25) is 0 Å². The molecular weight excluding hydrogens is 276 g/mol. The van der Waals surface area contributed by atoms with Gasteiger partial charge in [0.1, 0.15) is 12.4 Å². The van der Waals surface area contributed by atoms with E-state index in [4.69, 9.17) is 21.1 Å². The second kappa shape index (κ2) is 7.68. The van der Waals surface area contributed by atoms with E-state index < -0.39 is 5.24 Å². The average Bonchev–Trinajstić information content (AvgIpc) is 2.48. The minimum atomic E-state index is -0.470. The molecule has 3 nitrogen and oxygen atoms in total. The molecular formula is C16H15ClO3. The molecule has 2 rings (SSSR count). The van der Waals surface area contributed by atoms with Crippen molar-refractivity contribution < 1.29 is 14.3 Å². The summed E-state index contributed by atoms with van der Waals surface area (Å²) >= 11 is 5.36. The van der Waals surface area contributed by atoms with E-state index in [9.17, 15) is 4.79 Å². The smallest absolute Gasteiger partial charge is 0.252 e. The molecule has 0 bridgehead atoms. The molecule has 0 N–H and O–H groups in total. The number of hydrogen-bond acceptors (Lipinski definition) is 3. The van der Waals surface area contributed by atoms with Gasteiger partial charge in [-0.3, -0.25) is 4.79 Å². The lowest BCUT2D eigenvalue weighted by Crippen LogP contribution is -2.06. The number of carbonyl (C=O) groups excluding carboxylic acids is 1. The Hall–Kier alpha value is -1.84. The zero-order chi connectivity index (χ0) is 14.2. The van der Waals surface area contributed by atoms with E-state index in [0.29, 0.717) is 31.1 Å². The van der Waals surface area contributed by atoms with Gasteiger partial charge in [-0.05, 0) is 41.4 Å². The molecule has 0 amide bonds. The van der Waals surface area contributed by atoms with Gasteiger partial charge in [0.2, 0.25) is 0 Å². The van der Waals surface area contributed by atoms with Gasteiger partial charge in [-0.2, -0.15) is 0 Å². The first-order valence-electron chi connectivity index (χ1n) is 6.30. The molecule has 0 fully saturated rings. The van der Waals surface area contributed by atoms with Crippen molar-refractivity contribution in [3.8, 4) is 5.75 Å². The lowest BCUT2D eigenvalue weighted by molar-refractivity contribution is 0.0889. The molecule has 0 radical (unpaired) electrons. The molecule has 0 saturated heterocycles. The van der Waals surface area contributed by atoms with Crippen LogP contribution in [0.5, 0.6) is 5.75 Å². The Morgan fingerprint density at radius 2 is 1.65 bits per heavy atom. The Labute approximate surface area is 123 Å². The maximum Gasteiger partial charge on any atom is 0.252 e. The lowest BCUT2D eigenvalue weighted by Gasteiger charge is -2.07. The van der Waals surface area contributed by atoms with Crippen molar-refractivity contribution >= 4 is 16.8 Å². The number of rotatable bonds is 7. The molecule has 0 atom stereocenters. The Morgan fingerprint density at radius 3 is 2.30 bits per heavy atom. The fraction of sp³-hybridized carbons (Fsp3) is 0.188. The van der Waals surface area contributed by atoms with E-state index in [1.807, 2.05) is 30.3 Å². The van der Waals surface area contributed by atoms with Gasteiger partial charge in [0.05, 0.1) is 13.2 Å². The van der Waals surface area contributed by atoms with Crippen LogP contribution in [-0.2, 0) is 11.3 Å². The van der Waals surface area contributed by atoms with Crippen LogP contribution in [0.3, 0.4) is 0 Å². The van der Waals surface area contributed by atoms with Crippen molar-refractivity contribution in [2.75, 3.05) is 13.2 Å². The summed E-state index contributed by atoms with van der Waals surface area (Å²) in [7, 11) is 0. The van der Waals surface area contributed by atoms with Crippen LogP contribution in [0.4, 0.5) is 0 Å². The molecule has 0 aromatic heterocycles. The molecule has 2 aromatic carbocycles. The van der Waals surface area contributed by atoms with Gasteiger partial charge in [-0.25, -0.2) is 0 Å². The summed E-state index contributed by atoms with van der Waals surface area (Å²) in [5.74, 6) is 0.690. The minimum Gasteiger partial charge on any atom is -0.491 e. The molecule has 104 valence electrons. The molecule has 0 unspecified atom stereocenters. The number of carbonyl (C=O) groups is 1. The lowest BCUT2D eigenvalue weighted by atomic mass is 10.2. The summed E-state index contributed by atoms with van der Waals surface area (Å²) in [5, 5.41) is -0.470. The van der Waals surface area contributed by atoms with Crippen LogP contribution in [-0.4, -0.2) is 18.5 Å². The van der Waals surface area contributed by atoms with Gasteiger partial charge < -0.3 is 9.47 Å². The van der Waals surface area contributed by atoms with Crippen molar-refractivity contribution in [1.82, 2.24) is 0 Å². The first-order chi connectivity index (χ1) is 9.75. The largest absolute Gasteiger partial charge is 0.491 e. The molecule has 20 heavy (non-hydrogen) atoms. The topological polar surface area (TPSA) is 35.5 Å². The second-order valence-electron chi connectivity index (χ2n) is 4.18. The monoisotopic (exact) mass is 290 g/mol. The van der Waals surface area contributed by atoms with Crippen molar-refractivity contribution in [2.45, 2.75) is 6.61 Å². The van der Waals surface area contributed by atoms with E-state index >= 15 is 0 Å². The third-order valence-corrected chi connectivity index (χ3v) is 2.91. The summed E-state index contributed by atoms with van der Waals surface area (Å²) in [6, 6.07) is 16.7. The fourth-order valence-corrected chi connectivity index (χ4v) is 1.79. The zero-order valence-corrected chi connectivity index (χ0v) is 11.7. The Balaban J connectivity index is 1.67.